The molecule has 2 heterocycles. The summed E-state index contributed by atoms with van der Waals surface area (Å²) >= 11 is 1.36. The second kappa shape index (κ2) is 5.44. The lowest BCUT2D eigenvalue weighted by Gasteiger charge is -1.95. The van der Waals surface area contributed by atoms with Crippen LogP contribution in [0.5, 0.6) is 0 Å². The topological polar surface area (TPSA) is 47.3 Å². The molecule has 2 aromatic carbocycles. The molecule has 0 atom stereocenters. The summed E-state index contributed by atoms with van der Waals surface area (Å²) in [5.41, 5.74) is 3.01. The van der Waals surface area contributed by atoms with Crippen LogP contribution in [-0.4, -0.2) is 14.6 Å². The number of aromatic nitrogens is 3. The minimum atomic E-state index is -0.0746. The third kappa shape index (κ3) is 2.45. The van der Waals surface area contributed by atoms with Crippen molar-refractivity contribution in [3.05, 3.63) is 80.6 Å². The Bertz CT molecular complexity index is 1080. The Balaban J connectivity index is 1.91. The summed E-state index contributed by atoms with van der Waals surface area (Å²) < 4.78 is 2.25. The Morgan fingerprint density at radius 1 is 1.00 bits per heavy atom. The van der Waals surface area contributed by atoms with Gasteiger partial charge >= 0.3 is 0 Å². The molecule has 0 aliphatic carbocycles. The molecule has 0 aliphatic heterocycles. The van der Waals surface area contributed by atoms with Gasteiger partial charge in [-0.1, -0.05) is 71.5 Å². The SMILES string of the molecule is Cc1ccc(/C=c2/sc3nnc(-c4ccccc4)n3c2=O)cc1. The first-order valence-corrected chi connectivity index (χ1v) is 8.06. The zero-order chi connectivity index (χ0) is 15.8. The first-order chi connectivity index (χ1) is 11.2. The van der Waals surface area contributed by atoms with E-state index in [0.717, 1.165) is 11.1 Å². The third-order valence-electron chi connectivity index (χ3n) is 3.66. The standard InChI is InChI=1S/C18H13N3OS/c1-12-7-9-13(10-8-12)11-15-17(22)21-16(19-20-18(21)23-15)14-5-3-2-4-6-14/h2-11H,1H3/b15-11+. The van der Waals surface area contributed by atoms with E-state index in [1.807, 2.05) is 67.6 Å². The minimum Gasteiger partial charge on any atom is -0.267 e. The Morgan fingerprint density at radius 2 is 1.74 bits per heavy atom. The van der Waals surface area contributed by atoms with Gasteiger partial charge in [-0.25, -0.2) is 4.40 Å². The summed E-state index contributed by atoms with van der Waals surface area (Å²) in [5.74, 6) is 0.588. The monoisotopic (exact) mass is 319 g/mol. The van der Waals surface area contributed by atoms with Crippen molar-refractivity contribution >= 4 is 22.4 Å². The van der Waals surface area contributed by atoms with Gasteiger partial charge in [-0.15, -0.1) is 10.2 Å². The number of thiazole rings is 1. The van der Waals surface area contributed by atoms with Crippen molar-refractivity contribution in [3.63, 3.8) is 0 Å². The second-order valence-corrected chi connectivity index (χ2v) is 6.34. The third-order valence-corrected chi connectivity index (χ3v) is 4.61. The van der Waals surface area contributed by atoms with Crippen molar-refractivity contribution in [2.24, 2.45) is 0 Å². The van der Waals surface area contributed by atoms with Gasteiger partial charge in [-0.05, 0) is 18.6 Å². The van der Waals surface area contributed by atoms with E-state index in [4.69, 9.17) is 0 Å². The van der Waals surface area contributed by atoms with E-state index >= 15 is 0 Å². The van der Waals surface area contributed by atoms with Gasteiger partial charge in [-0.3, -0.25) is 4.79 Å². The molecule has 0 saturated heterocycles. The molecule has 4 rings (SSSR count). The number of fused-ring (bicyclic) bond motifs is 1. The van der Waals surface area contributed by atoms with Crippen LogP contribution < -0.4 is 10.1 Å². The smallest absolute Gasteiger partial charge is 0.267 e. The molecule has 0 unspecified atom stereocenters. The fraction of sp³-hybridized carbons (Fsp3) is 0.0556. The van der Waals surface area contributed by atoms with Crippen LogP contribution in [0.4, 0.5) is 0 Å². The maximum Gasteiger partial charge on any atom is 0.276 e. The van der Waals surface area contributed by atoms with Gasteiger partial charge in [0.1, 0.15) is 0 Å². The second-order valence-electron chi connectivity index (χ2n) is 5.33. The average molecular weight is 319 g/mol. The summed E-state index contributed by atoms with van der Waals surface area (Å²) in [4.78, 5) is 13.3. The van der Waals surface area contributed by atoms with Crippen LogP contribution in [0.1, 0.15) is 11.1 Å². The fourth-order valence-electron chi connectivity index (χ4n) is 2.45. The Kier molecular flexibility index (Phi) is 3.28. The molecule has 0 aliphatic rings. The highest BCUT2D eigenvalue weighted by Crippen LogP contribution is 2.17. The van der Waals surface area contributed by atoms with Crippen LogP contribution in [-0.2, 0) is 0 Å². The number of aryl methyl sites for hydroxylation is 1. The maximum absolute atomic E-state index is 12.7. The van der Waals surface area contributed by atoms with Gasteiger partial charge in [0.2, 0.25) is 4.96 Å². The van der Waals surface area contributed by atoms with Crippen LogP contribution in [0.25, 0.3) is 22.4 Å². The molecule has 0 bridgehead atoms. The van der Waals surface area contributed by atoms with E-state index in [9.17, 15) is 4.79 Å². The minimum absolute atomic E-state index is 0.0746. The molecule has 4 nitrogen and oxygen atoms in total. The zero-order valence-corrected chi connectivity index (χ0v) is 13.2. The van der Waals surface area contributed by atoms with Gasteiger partial charge in [0.15, 0.2) is 5.82 Å². The Hall–Kier alpha value is -2.79. The highest BCUT2D eigenvalue weighted by Gasteiger charge is 2.13. The van der Waals surface area contributed by atoms with Crippen LogP contribution in [0.15, 0.2) is 59.4 Å². The van der Waals surface area contributed by atoms with Crippen molar-refractivity contribution in [1.82, 2.24) is 14.6 Å². The highest BCUT2D eigenvalue weighted by atomic mass is 32.1. The predicted octanol–water partition coefficient (Wildman–Crippen LogP) is 2.67. The molecule has 2 aromatic heterocycles. The number of rotatable bonds is 2. The van der Waals surface area contributed by atoms with Crippen LogP contribution in [0.3, 0.4) is 0 Å². The van der Waals surface area contributed by atoms with E-state index in [1.54, 1.807) is 4.40 Å². The molecule has 0 fully saturated rings. The molecular formula is C18H13N3OS. The first-order valence-electron chi connectivity index (χ1n) is 7.24. The number of nitrogens with zero attached hydrogens (tertiary/aromatic N) is 3. The van der Waals surface area contributed by atoms with E-state index in [2.05, 4.69) is 10.2 Å². The maximum atomic E-state index is 12.7. The molecular weight excluding hydrogens is 306 g/mol. The van der Waals surface area contributed by atoms with E-state index < -0.39 is 0 Å². The zero-order valence-electron chi connectivity index (χ0n) is 12.4. The summed E-state index contributed by atoms with van der Waals surface area (Å²) in [6.07, 6.45) is 1.90. The number of benzene rings is 2. The summed E-state index contributed by atoms with van der Waals surface area (Å²) in [6.45, 7) is 2.04. The van der Waals surface area contributed by atoms with Gasteiger partial charge in [-0.2, -0.15) is 0 Å². The largest absolute Gasteiger partial charge is 0.276 e. The Labute approximate surface area is 136 Å². The lowest BCUT2D eigenvalue weighted by atomic mass is 10.1. The Morgan fingerprint density at radius 3 is 2.48 bits per heavy atom. The lowest BCUT2D eigenvalue weighted by molar-refractivity contribution is 1.09. The summed E-state index contributed by atoms with van der Waals surface area (Å²) in [5, 5.41) is 8.30. The van der Waals surface area contributed by atoms with Crippen LogP contribution in [0, 0.1) is 6.92 Å². The molecule has 0 N–H and O–H groups in total. The summed E-state index contributed by atoms with van der Waals surface area (Å²) in [6, 6.07) is 17.7. The molecule has 0 saturated carbocycles. The van der Waals surface area contributed by atoms with Crippen molar-refractivity contribution in [2.45, 2.75) is 6.92 Å². The highest BCUT2D eigenvalue weighted by molar-refractivity contribution is 7.15. The fourth-order valence-corrected chi connectivity index (χ4v) is 3.36. The average Bonchev–Trinajstić information content (AvgIpc) is 3.12. The van der Waals surface area contributed by atoms with Gasteiger partial charge in [0.05, 0.1) is 4.53 Å². The number of hydrogen-bond donors (Lipinski definition) is 0. The molecule has 112 valence electrons. The molecule has 4 aromatic rings. The van der Waals surface area contributed by atoms with Gasteiger partial charge < -0.3 is 0 Å². The van der Waals surface area contributed by atoms with Crippen molar-refractivity contribution in [3.8, 4) is 11.4 Å². The number of hydrogen-bond acceptors (Lipinski definition) is 4. The van der Waals surface area contributed by atoms with Gasteiger partial charge in [0, 0.05) is 5.56 Å². The van der Waals surface area contributed by atoms with Crippen molar-refractivity contribution in [1.29, 1.82) is 0 Å². The molecule has 23 heavy (non-hydrogen) atoms. The summed E-state index contributed by atoms with van der Waals surface area (Å²) in [7, 11) is 0. The van der Waals surface area contributed by atoms with E-state index in [0.29, 0.717) is 15.3 Å². The van der Waals surface area contributed by atoms with Crippen LogP contribution in [0.2, 0.25) is 0 Å². The van der Waals surface area contributed by atoms with Crippen molar-refractivity contribution in [2.75, 3.05) is 0 Å². The molecule has 5 heteroatoms. The van der Waals surface area contributed by atoms with Gasteiger partial charge in [0.25, 0.3) is 5.56 Å². The van der Waals surface area contributed by atoms with E-state index in [1.165, 1.54) is 16.9 Å². The van der Waals surface area contributed by atoms with E-state index in [-0.39, 0.29) is 5.56 Å². The molecule has 0 amide bonds. The molecule has 0 radical (unpaired) electrons. The quantitative estimate of drug-likeness (QED) is 0.571. The normalized spacial score (nSPS) is 12.1. The predicted molar refractivity (Wildman–Crippen MR) is 92.5 cm³/mol. The lowest BCUT2D eigenvalue weighted by Crippen LogP contribution is -2.23. The van der Waals surface area contributed by atoms with Crippen molar-refractivity contribution < 1.29 is 0 Å². The molecule has 0 spiro atoms. The van der Waals surface area contributed by atoms with Crippen LogP contribution >= 0.6 is 11.3 Å². The first kappa shape index (κ1) is 13.8.